The number of nitrogen functional groups attached to an aromatic ring is 2. The van der Waals surface area contributed by atoms with Gasteiger partial charge in [0.2, 0.25) is 0 Å². The van der Waals surface area contributed by atoms with Gasteiger partial charge in [0.15, 0.2) is 0 Å². The third-order valence-corrected chi connectivity index (χ3v) is 5.62. The predicted octanol–water partition coefficient (Wildman–Crippen LogP) is 9.95. The number of hydrogen-bond acceptors (Lipinski definition) is 5. The van der Waals surface area contributed by atoms with E-state index in [1.807, 2.05) is 60.7 Å². The lowest BCUT2D eigenvalue weighted by atomic mass is 10.1. The molecule has 0 heterocycles. The lowest BCUT2D eigenvalue weighted by molar-refractivity contribution is -0.139. The molecule has 0 saturated heterocycles. The summed E-state index contributed by atoms with van der Waals surface area (Å²) in [4.78, 5) is 0. The minimum absolute atomic E-state index is 0.0194. The Labute approximate surface area is 242 Å². The van der Waals surface area contributed by atoms with Gasteiger partial charge in [0.1, 0.15) is 45.6 Å². The van der Waals surface area contributed by atoms with Crippen LogP contribution in [0.1, 0.15) is 11.1 Å². The van der Waals surface area contributed by atoms with Crippen molar-refractivity contribution in [1.82, 2.24) is 0 Å². The van der Waals surface area contributed by atoms with Gasteiger partial charge in [0.25, 0.3) is 0 Å². The normalized spacial score (nSPS) is 11.2. The molecule has 0 amide bonds. The van der Waals surface area contributed by atoms with Crippen LogP contribution in [0.15, 0.2) is 121 Å². The first-order valence-electron chi connectivity index (χ1n) is 12.6. The fraction of sp³-hybridized carbons (Fsp3) is 0.0625. The Balaban J connectivity index is 0.000000269. The van der Waals surface area contributed by atoms with E-state index in [4.69, 9.17) is 25.7 Å². The molecule has 5 aromatic rings. The molecule has 0 aromatic heterocycles. The molecule has 0 bridgehead atoms. The van der Waals surface area contributed by atoms with Gasteiger partial charge in [-0.15, -0.1) is 0 Å². The maximum atomic E-state index is 13.1. The Morgan fingerprint density at radius 2 is 0.721 bits per heavy atom. The summed E-state index contributed by atoms with van der Waals surface area (Å²) in [7, 11) is 0. The van der Waals surface area contributed by atoms with E-state index in [0.29, 0.717) is 0 Å². The van der Waals surface area contributed by atoms with Crippen LogP contribution >= 0.6 is 0 Å². The van der Waals surface area contributed by atoms with Crippen LogP contribution in [0.3, 0.4) is 0 Å². The molecule has 5 aromatic carbocycles. The quantitative estimate of drug-likeness (QED) is 0.150. The fourth-order valence-corrected chi connectivity index (χ4v) is 3.66. The average Bonchev–Trinajstić information content (AvgIpc) is 2.96. The number of benzene rings is 5. The molecule has 0 spiro atoms. The number of nitrogens with two attached hydrogens (primary N) is 2. The first-order valence-corrected chi connectivity index (χ1v) is 12.6. The van der Waals surface area contributed by atoms with E-state index in [1.165, 1.54) is 36.4 Å². The van der Waals surface area contributed by atoms with Crippen molar-refractivity contribution >= 4 is 11.4 Å². The number of anilines is 2. The topological polar surface area (TPSA) is 79.7 Å². The van der Waals surface area contributed by atoms with Crippen LogP contribution in [0.25, 0.3) is 0 Å². The number of ether oxygens (including phenoxy) is 3. The van der Waals surface area contributed by atoms with Crippen molar-refractivity contribution in [2.45, 2.75) is 12.4 Å². The van der Waals surface area contributed by atoms with Crippen LogP contribution in [0.5, 0.6) is 34.5 Å². The number of hydrogen-bond donors (Lipinski definition) is 2. The Morgan fingerprint density at radius 1 is 0.395 bits per heavy atom. The van der Waals surface area contributed by atoms with Gasteiger partial charge in [-0.2, -0.15) is 26.3 Å². The molecule has 43 heavy (non-hydrogen) atoms. The SMILES string of the molecule is Nc1ccc(Oc2ccc(Oc3ccc(N)cc3C(F)(F)F)cc2)c(C(F)(F)F)c1.c1ccc(Oc2ccccc2)cc1. The molecule has 11 heteroatoms. The summed E-state index contributed by atoms with van der Waals surface area (Å²) < 4.78 is 95.0. The highest BCUT2D eigenvalue weighted by molar-refractivity contribution is 5.52. The van der Waals surface area contributed by atoms with E-state index in [9.17, 15) is 26.3 Å². The minimum Gasteiger partial charge on any atom is -0.457 e. The Kier molecular flexibility index (Phi) is 9.34. The average molecular weight is 599 g/mol. The first-order chi connectivity index (χ1) is 20.4. The van der Waals surface area contributed by atoms with Crippen molar-refractivity contribution in [3.8, 4) is 34.5 Å². The lowest BCUT2D eigenvalue weighted by Crippen LogP contribution is -2.08. The van der Waals surface area contributed by atoms with E-state index >= 15 is 0 Å². The monoisotopic (exact) mass is 598 g/mol. The third kappa shape index (κ3) is 8.83. The van der Waals surface area contributed by atoms with Gasteiger partial charge in [-0.05, 0) is 84.9 Å². The molecule has 4 N–H and O–H groups in total. The van der Waals surface area contributed by atoms with E-state index < -0.39 is 35.0 Å². The highest BCUT2D eigenvalue weighted by atomic mass is 19.4. The largest absolute Gasteiger partial charge is 0.457 e. The summed E-state index contributed by atoms with van der Waals surface area (Å²) in [6.07, 6.45) is -9.37. The van der Waals surface area contributed by atoms with Gasteiger partial charge in [0, 0.05) is 11.4 Å². The molecule has 0 aliphatic heterocycles. The molecule has 0 aliphatic carbocycles. The summed E-state index contributed by atoms with van der Waals surface area (Å²) in [5, 5.41) is 0. The standard InChI is InChI=1S/C20H14F6N2O2.C12H10O/c21-19(22,23)15-9-11(27)1-7-17(15)29-13-3-5-14(6-4-13)30-18-8-2-12(28)10-16(18)20(24,25)26;1-3-7-11(8-4-1)13-12-9-5-2-6-10-12/h1-10H,27-28H2;1-10H. The molecular formula is C32H24F6N2O3. The molecule has 0 unspecified atom stereocenters. The van der Waals surface area contributed by atoms with Crippen molar-refractivity contribution in [2.24, 2.45) is 0 Å². The summed E-state index contributed by atoms with van der Waals surface area (Å²) >= 11 is 0. The second kappa shape index (κ2) is 13.1. The van der Waals surface area contributed by atoms with Crippen LogP contribution in [0, 0.1) is 0 Å². The predicted molar refractivity (Wildman–Crippen MR) is 151 cm³/mol. The molecule has 0 fully saturated rings. The molecule has 0 saturated carbocycles. The van der Waals surface area contributed by atoms with E-state index in [-0.39, 0.29) is 22.9 Å². The molecule has 0 radical (unpaired) electrons. The third-order valence-electron chi connectivity index (χ3n) is 5.62. The summed E-state index contributed by atoms with van der Waals surface area (Å²) in [6.45, 7) is 0. The van der Waals surface area contributed by atoms with Gasteiger partial charge in [-0.3, -0.25) is 0 Å². The van der Waals surface area contributed by atoms with Crippen molar-refractivity contribution in [3.05, 3.63) is 132 Å². The fourth-order valence-electron chi connectivity index (χ4n) is 3.66. The molecule has 5 nitrogen and oxygen atoms in total. The Hall–Kier alpha value is -5.32. The van der Waals surface area contributed by atoms with E-state index in [2.05, 4.69) is 0 Å². The van der Waals surface area contributed by atoms with E-state index in [0.717, 1.165) is 35.8 Å². The maximum Gasteiger partial charge on any atom is 0.420 e. The molecule has 222 valence electrons. The van der Waals surface area contributed by atoms with Crippen LogP contribution in [-0.4, -0.2) is 0 Å². The van der Waals surface area contributed by atoms with Crippen molar-refractivity contribution in [2.75, 3.05) is 11.5 Å². The van der Waals surface area contributed by atoms with Crippen molar-refractivity contribution in [3.63, 3.8) is 0 Å². The number of halogens is 6. The zero-order valence-corrected chi connectivity index (χ0v) is 22.2. The zero-order valence-electron chi connectivity index (χ0n) is 22.2. The number of alkyl halides is 6. The second-order valence-electron chi connectivity index (χ2n) is 8.91. The number of para-hydroxylation sites is 2. The smallest absolute Gasteiger partial charge is 0.420 e. The maximum absolute atomic E-state index is 13.1. The minimum atomic E-state index is -4.68. The van der Waals surface area contributed by atoms with Crippen LogP contribution in [0.4, 0.5) is 37.7 Å². The molecule has 0 atom stereocenters. The van der Waals surface area contributed by atoms with Crippen molar-refractivity contribution in [1.29, 1.82) is 0 Å². The van der Waals surface area contributed by atoms with Gasteiger partial charge < -0.3 is 25.7 Å². The van der Waals surface area contributed by atoms with Gasteiger partial charge in [0.05, 0.1) is 0 Å². The van der Waals surface area contributed by atoms with E-state index in [1.54, 1.807) is 0 Å². The highest BCUT2D eigenvalue weighted by Crippen LogP contribution is 2.41. The zero-order chi connectivity index (χ0) is 31.0. The summed E-state index contributed by atoms with van der Waals surface area (Å²) in [5.74, 6) is 0.839. The number of rotatable bonds is 6. The summed E-state index contributed by atoms with van der Waals surface area (Å²) in [5.41, 5.74) is 8.53. The van der Waals surface area contributed by atoms with Crippen molar-refractivity contribution < 1.29 is 40.6 Å². The Bertz CT molecular complexity index is 1500. The second-order valence-corrected chi connectivity index (χ2v) is 8.91. The molecule has 5 rings (SSSR count). The van der Waals surface area contributed by atoms with Crippen LogP contribution in [0.2, 0.25) is 0 Å². The van der Waals surface area contributed by atoms with Gasteiger partial charge in [-0.1, -0.05) is 36.4 Å². The first kappa shape index (κ1) is 30.6. The Morgan fingerprint density at radius 3 is 1.05 bits per heavy atom. The van der Waals surface area contributed by atoms with Crippen LogP contribution < -0.4 is 25.7 Å². The molecular weight excluding hydrogens is 574 g/mol. The lowest BCUT2D eigenvalue weighted by Gasteiger charge is -2.16. The highest BCUT2D eigenvalue weighted by Gasteiger charge is 2.35. The molecule has 0 aliphatic rings. The van der Waals surface area contributed by atoms with Crippen LogP contribution in [-0.2, 0) is 12.4 Å². The van der Waals surface area contributed by atoms with Gasteiger partial charge in [-0.25, -0.2) is 0 Å². The summed E-state index contributed by atoms with van der Waals surface area (Å²) in [6, 6.07) is 30.7. The van der Waals surface area contributed by atoms with Gasteiger partial charge >= 0.3 is 12.4 Å².